The number of halogens is 3. The van der Waals surface area contributed by atoms with E-state index in [9.17, 15) is 18.0 Å². The fourth-order valence-electron chi connectivity index (χ4n) is 2.37. The number of alkyl halides is 3. The van der Waals surface area contributed by atoms with Crippen LogP contribution in [-0.2, 0) is 4.74 Å². The Bertz CT molecular complexity index is 353. The Morgan fingerprint density at radius 3 is 2.52 bits per heavy atom. The molecular formula is C14H25F3N2O2. The number of amides is 1. The third-order valence-corrected chi connectivity index (χ3v) is 3.48. The lowest BCUT2D eigenvalue weighted by molar-refractivity contribution is -0.149. The third kappa shape index (κ3) is 6.54. The van der Waals surface area contributed by atoms with Gasteiger partial charge in [0.15, 0.2) is 0 Å². The van der Waals surface area contributed by atoms with E-state index in [1.807, 2.05) is 0 Å². The molecule has 0 aromatic rings. The monoisotopic (exact) mass is 310 g/mol. The summed E-state index contributed by atoms with van der Waals surface area (Å²) in [4.78, 5) is 13.5. The second kappa shape index (κ2) is 6.85. The van der Waals surface area contributed by atoms with E-state index >= 15 is 0 Å². The molecule has 0 aliphatic carbocycles. The molecule has 1 saturated heterocycles. The van der Waals surface area contributed by atoms with Crippen molar-refractivity contribution in [2.45, 2.75) is 64.3 Å². The highest BCUT2D eigenvalue weighted by atomic mass is 19.4. The van der Waals surface area contributed by atoms with E-state index in [1.165, 1.54) is 0 Å². The van der Waals surface area contributed by atoms with Gasteiger partial charge in [-0.1, -0.05) is 0 Å². The van der Waals surface area contributed by atoms with E-state index in [1.54, 1.807) is 25.7 Å². The van der Waals surface area contributed by atoms with Crippen molar-refractivity contribution in [3.8, 4) is 0 Å². The van der Waals surface area contributed by atoms with Crippen molar-refractivity contribution in [3.63, 3.8) is 0 Å². The number of nitrogens with zero attached hydrogens (tertiary/aromatic N) is 1. The van der Waals surface area contributed by atoms with Gasteiger partial charge in [-0.05, 0) is 52.4 Å². The van der Waals surface area contributed by atoms with Crippen molar-refractivity contribution in [2.24, 2.45) is 11.7 Å². The Morgan fingerprint density at radius 1 is 1.38 bits per heavy atom. The van der Waals surface area contributed by atoms with Gasteiger partial charge in [0, 0.05) is 13.1 Å². The number of hydrogen-bond acceptors (Lipinski definition) is 3. The molecule has 0 aromatic heterocycles. The number of carbonyl (C=O) groups is 1. The second-order valence-electron chi connectivity index (χ2n) is 6.66. The maximum absolute atomic E-state index is 12.4. The summed E-state index contributed by atoms with van der Waals surface area (Å²) in [6, 6.07) is -1.78. The molecule has 1 aliphatic heterocycles. The summed E-state index contributed by atoms with van der Waals surface area (Å²) >= 11 is 0. The molecule has 1 heterocycles. The van der Waals surface area contributed by atoms with Gasteiger partial charge in [0.25, 0.3) is 0 Å². The average Bonchev–Trinajstić information content (AvgIpc) is 2.33. The lowest BCUT2D eigenvalue weighted by Crippen LogP contribution is -2.43. The van der Waals surface area contributed by atoms with Gasteiger partial charge in [0.2, 0.25) is 0 Å². The van der Waals surface area contributed by atoms with Gasteiger partial charge in [0.05, 0.1) is 0 Å². The molecule has 1 amide bonds. The molecule has 2 N–H and O–H groups in total. The minimum absolute atomic E-state index is 0.0552. The van der Waals surface area contributed by atoms with Crippen LogP contribution in [0.1, 0.15) is 46.5 Å². The molecule has 0 saturated carbocycles. The molecule has 1 fully saturated rings. The van der Waals surface area contributed by atoms with Crippen molar-refractivity contribution in [3.05, 3.63) is 0 Å². The van der Waals surface area contributed by atoms with Crippen molar-refractivity contribution in [1.82, 2.24) is 4.90 Å². The number of rotatable bonds is 3. The molecule has 124 valence electrons. The molecule has 1 aliphatic rings. The summed E-state index contributed by atoms with van der Waals surface area (Å²) in [5.74, 6) is 0.0552. The summed E-state index contributed by atoms with van der Waals surface area (Å²) in [6.07, 6.45) is -2.86. The van der Waals surface area contributed by atoms with Crippen molar-refractivity contribution in [2.75, 3.05) is 13.1 Å². The summed E-state index contributed by atoms with van der Waals surface area (Å²) in [5.41, 5.74) is 4.55. The first-order chi connectivity index (χ1) is 9.49. The largest absolute Gasteiger partial charge is 0.444 e. The summed E-state index contributed by atoms with van der Waals surface area (Å²) in [5, 5.41) is 0. The Labute approximate surface area is 123 Å². The molecule has 2 unspecified atom stereocenters. The summed E-state index contributed by atoms with van der Waals surface area (Å²) < 4.78 is 42.4. The smallest absolute Gasteiger partial charge is 0.410 e. The highest BCUT2D eigenvalue weighted by Crippen LogP contribution is 2.27. The minimum Gasteiger partial charge on any atom is -0.444 e. The zero-order valence-corrected chi connectivity index (χ0v) is 12.9. The fraction of sp³-hybridized carbons (Fsp3) is 0.929. The fourth-order valence-corrected chi connectivity index (χ4v) is 2.37. The SMILES string of the molecule is CC(C)(C)OC(=O)N1CCCC(CCC(N)C(F)(F)F)C1. The summed E-state index contributed by atoms with van der Waals surface area (Å²) in [7, 11) is 0. The van der Waals surface area contributed by atoms with E-state index in [2.05, 4.69) is 0 Å². The first-order valence-corrected chi connectivity index (χ1v) is 7.29. The number of likely N-dealkylation sites (tertiary alicyclic amines) is 1. The minimum atomic E-state index is -4.35. The molecule has 0 spiro atoms. The van der Waals surface area contributed by atoms with Crippen molar-refractivity contribution >= 4 is 6.09 Å². The number of hydrogen-bond donors (Lipinski definition) is 1. The Hall–Kier alpha value is -0.980. The van der Waals surface area contributed by atoms with Crippen LogP contribution in [0.25, 0.3) is 0 Å². The molecule has 4 nitrogen and oxygen atoms in total. The van der Waals surface area contributed by atoms with Crippen LogP contribution in [0.2, 0.25) is 0 Å². The number of carbonyl (C=O) groups excluding carboxylic acids is 1. The first kappa shape index (κ1) is 18.1. The van der Waals surface area contributed by atoms with Crippen LogP contribution in [0.15, 0.2) is 0 Å². The topological polar surface area (TPSA) is 55.6 Å². The lowest BCUT2D eigenvalue weighted by Gasteiger charge is -2.34. The first-order valence-electron chi connectivity index (χ1n) is 7.29. The van der Waals surface area contributed by atoms with Gasteiger partial charge < -0.3 is 15.4 Å². The Kier molecular flexibility index (Phi) is 5.90. The van der Waals surface area contributed by atoms with E-state index in [-0.39, 0.29) is 12.3 Å². The van der Waals surface area contributed by atoms with Gasteiger partial charge >= 0.3 is 12.3 Å². The molecule has 0 radical (unpaired) electrons. The zero-order chi connectivity index (χ0) is 16.3. The number of nitrogens with two attached hydrogens (primary N) is 1. The van der Waals surface area contributed by atoms with Gasteiger partial charge in [-0.2, -0.15) is 13.2 Å². The molecule has 0 aromatic carbocycles. The molecular weight excluding hydrogens is 285 g/mol. The molecule has 21 heavy (non-hydrogen) atoms. The maximum Gasteiger partial charge on any atom is 0.410 e. The van der Waals surface area contributed by atoms with E-state index in [4.69, 9.17) is 10.5 Å². The van der Waals surface area contributed by atoms with Gasteiger partial charge in [-0.25, -0.2) is 4.79 Å². The Balaban J connectivity index is 2.44. The van der Waals surface area contributed by atoms with Crippen LogP contribution in [-0.4, -0.2) is 41.9 Å². The van der Waals surface area contributed by atoms with Crippen LogP contribution in [0, 0.1) is 5.92 Å². The zero-order valence-electron chi connectivity index (χ0n) is 12.9. The van der Waals surface area contributed by atoms with Crippen molar-refractivity contribution in [1.29, 1.82) is 0 Å². The highest BCUT2D eigenvalue weighted by molar-refractivity contribution is 5.68. The normalized spacial score (nSPS) is 22.0. The average molecular weight is 310 g/mol. The van der Waals surface area contributed by atoms with Gasteiger partial charge in [0.1, 0.15) is 11.6 Å². The quantitative estimate of drug-likeness (QED) is 0.870. The predicted octanol–water partition coefficient (Wildman–Crippen LogP) is 3.30. The predicted molar refractivity (Wildman–Crippen MR) is 73.8 cm³/mol. The molecule has 0 bridgehead atoms. The number of piperidine rings is 1. The second-order valence-corrected chi connectivity index (χ2v) is 6.66. The van der Waals surface area contributed by atoms with Crippen LogP contribution >= 0.6 is 0 Å². The highest BCUT2D eigenvalue weighted by Gasteiger charge is 2.37. The molecule has 1 rings (SSSR count). The van der Waals surface area contributed by atoms with Gasteiger partial charge in [-0.15, -0.1) is 0 Å². The van der Waals surface area contributed by atoms with Crippen LogP contribution in [0.5, 0.6) is 0 Å². The summed E-state index contributed by atoms with van der Waals surface area (Å²) in [6.45, 7) is 6.40. The van der Waals surface area contributed by atoms with Gasteiger partial charge in [-0.3, -0.25) is 0 Å². The van der Waals surface area contributed by atoms with Crippen LogP contribution in [0.3, 0.4) is 0 Å². The van der Waals surface area contributed by atoms with E-state index < -0.39 is 23.9 Å². The molecule has 2 atom stereocenters. The van der Waals surface area contributed by atoms with E-state index in [0.29, 0.717) is 19.5 Å². The molecule has 7 heteroatoms. The maximum atomic E-state index is 12.4. The Morgan fingerprint density at radius 2 is 2.00 bits per heavy atom. The van der Waals surface area contributed by atoms with E-state index in [0.717, 1.165) is 12.8 Å². The third-order valence-electron chi connectivity index (χ3n) is 3.48. The van der Waals surface area contributed by atoms with Crippen LogP contribution < -0.4 is 5.73 Å². The van der Waals surface area contributed by atoms with Crippen LogP contribution in [0.4, 0.5) is 18.0 Å². The number of ether oxygens (including phenoxy) is 1. The standard InChI is InChI=1S/C14H25F3N2O2/c1-13(2,3)21-12(20)19-8-4-5-10(9-19)6-7-11(18)14(15,16)17/h10-11H,4-9,18H2,1-3H3. The van der Waals surface area contributed by atoms with Crippen molar-refractivity contribution < 1.29 is 22.7 Å². The lowest BCUT2D eigenvalue weighted by atomic mass is 9.92.